The predicted octanol–water partition coefficient (Wildman–Crippen LogP) is 10.2. The van der Waals surface area contributed by atoms with Crippen LogP contribution in [-0.2, 0) is 93.9 Å². The van der Waals surface area contributed by atoms with Gasteiger partial charge < -0.3 is 52.1 Å². The number of esters is 10. The van der Waals surface area contributed by atoms with Gasteiger partial charge in [0.2, 0.25) is 0 Å². The average molecular weight is 1310 g/mol. The van der Waals surface area contributed by atoms with Crippen LogP contribution in [0.5, 0.6) is 23.0 Å². The van der Waals surface area contributed by atoms with Crippen LogP contribution in [0.3, 0.4) is 0 Å². The number of carbonyl (C=O) groups excluding carboxylic acids is 10. The number of nitrogens with zero attached hydrogens (tertiary/aromatic N) is 2. The molecular weight excluding hydrogens is 1230 g/mol. The minimum Gasteiger partial charge on any atom is -0.465 e. The first-order valence-electron chi connectivity index (χ1n) is 30.1. The van der Waals surface area contributed by atoms with Crippen LogP contribution in [-0.4, -0.2) is 111 Å². The summed E-state index contributed by atoms with van der Waals surface area (Å²) in [5.41, 5.74) is 2.45. The first-order chi connectivity index (χ1) is 44.1. The van der Waals surface area contributed by atoms with E-state index in [1.807, 2.05) is 6.07 Å². The van der Waals surface area contributed by atoms with Crippen molar-refractivity contribution < 1.29 is 100 Å². The Morgan fingerprint density at radius 3 is 1.26 bits per heavy atom. The number of carbonyl (C=O) groups is 10. The second-order valence-electron chi connectivity index (χ2n) is 22.1. The largest absolute Gasteiger partial charge is 0.465 e. The maximum absolute atomic E-state index is 13.9. The molecule has 6 rings (SSSR count). The lowest BCUT2D eigenvalue weighted by atomic mass is 9.82. The van der Waals surface area contributed by atoms with Gasteiger partial charge in [-0.15, -0.1) is 0 Å². The molecule has 0 radical (unpaired) electrons. The zero-order chi connectivity index (χ0) is 66.9. The van der Waals surface area contributed by atoms with Gasteiger partial charge in [0.15, 0.2) is 0 Å². The lowest BCUT2D eigenvalue weighted by Gasteiger charge is -2.27. The Hall–Kier alpha value is -8.78. The monoisotopic (exact) mass is 1310 g/mol. The lowest BCUT2D eigenvalue weighted by molar-refractivity contribution is -0.157. The Morgan fingerprint density at radius 1 is 0.533 bits per heavy atom. The molecule has 1 aliphatic heterocycles. The SMILES string of the molecule is [C-]#[N+]/C(C#N)=C1/Sc2c(OC(=O)C3CCC(C(=O)Oc4ccc(CCOC(=O)CCC(=O)OC(C)COCC(C)OC(=O)C=C)cc4)CC3)c(C)c(C)c(OC(=O)C3CCC(C(=O)Oc4ccc(CCOC(=O)CCC(=O)OC(C)COC(=O)C=C)cc4)CC3)c2S1. The normalized spacial score (nSPS) is 18.0. The molecule has 0 amide bonds. The first-order valence-corrected chi connectivity index (χ1v) is 31.7. The van der Waals surface area contributed by atoms with Gasteiger partial charge in [0, 0.05) is 25.0 Å². The number of fused-ring (bicyclic) bond motifs is 1. The van der Waals surface area contributed by atoms with Crippen molar-refractivity contribution in [1.82, 2.24) is 0 Å². The molecule has 25 heteroatoms. The van der Waals surface area contributed by atoms with Crippen molar-refractivity contribution in [3.63, 3.8) is 0 Å². The van der Waals surface area contributed by atoms with Crippen LogP contribution in [0.2, 0.25) is 0 Å². The summed E-state index contributed by atoms with van der Waals surface area (Å²) in [7, 11) is 0. The van der Waals surface area contributed by atoms with E-state index in [0.29, 0.717) is 101 Å². The minimum absolute atomic E-state index is 0.0470. The molecule has 3 unspecified atom stereocenters. The summed E-state index contributed by atoms with van der Waals surface area (Å²) in [4.78, 5) is 130. The Morgan fingerprint density at radius 2 is 0.891 bits per heavy atom. The number of rotatable bonds is 31. The Labute approximate surface area is 541 Å². The molecule has 3 aliphatic rings. The quantitative estimate of drug-likeness (QED) is 0.0144. The molecule has 3 aromatic rings. The fraction of sp³-hybridized carbons (Fsp3) is 0.463. The number of nitriles is 1. The Kier molecular flexibility index (Phi) is 28.5. The van der Waals surface area contributed by atoms with Gasteiger partial charge in [0.25, 0.3) is 5.70 Å². The Bertz CT molecular complexity index is 3310. The van der Waals surface area contributed by atoms with Crippen LogP contribution in [0.25, 0.3) is 4.85 Å². The number of hydrogen-bond donors (Lipinski definition) is 0. The second kappa shape index (κ2) is 36.3. The number of benzene rings is 3. The molecule has 490 valence electrons. The summed E-state index contributed by atoms with van der Waals surface area (Å²) in [6.45, 7) is 22.7. The maximum Gasteiger partial charge on any atom is 0.330 e. The standard InChI is InChI=1S/C67H74N2O21S2/c1-9-53(70)83-38-41(5)86-58(75)30-28-56(73)82-34-32-45-13-25-51(26-14-45)88-64(77)47-17-21-49(22-18-47)66(79)90-60-43(7)42(6)59(61-62(60)92-67(91-61)52(35-68)69-8)89-65(78)48-19-15-46(16-20-48)63(76)87-50-23-11-44(12-24-50)31-33-81-55(72)27-29-57(74)85-40(4)37-80-36-39(3)84-54(71)10-2/h9-14,23-26,39-41,46-49H,1-2,15-22,27-34,36-38H2,3-7H3/b67-52-. The van der Waals surface area contributed by atoms with Crippen LogP contribution in [0.4, 0.5) is 0 Å². The molecule has 0 aromatic heterocycles. The van der Waals surface area contributed by atoms with Gasteiger partial charge in [-0.05, 0) is 133 Å². The molecule has 0 N–H and O–H groups in total. The highest BCUT2D eigenvalue weighted by atomic mass is 32.2. The molecule has 0 saturated heterocycles. The molecule has 2 fully saturated rings. The summed E-state index contributed by atoms with van der Waals surface area (Å²) in [6.07, 6.45) is 2.98. The fourth-order valence-corrected chi connectivity index (χ4v) is 12.4. The van der Waals surface area contributed by atoms with Crippen molar-refractivity contribution in [2.45, 2.75) is 153 Å². The van der Waals surface area contributed by atoms with Crippen molar-refractivity contribution in [3.05, 3.63) is 117 Å². The Balaban J connectivity index is 0.915. The fourth-order valence-electron chi connectivity index (χ4n) is 9.77. The maximum atomic E-state index is 13.9. The summed E-state index contributed by atoms with van der Waals surface area (Å²) in [6, 6.07) is 15.4. The lowest BCUT2D eigenvalue weighted by Crippen LogP contribution is -2.31. The van der Waals surface area contributed by atoms with E-state index in [4.69, 9.17) is 58.7 Å². The smallest absolute Gasteiger partial charge is 0.330 e. The van der Waals surface area contributed by atoms with Crippen LogP contribution in [0.1, 0.15) is 120 Å². The summed E-state index contributed by atoms with van der Waals surface area (Å²) in [5, 5.41) is 9.83. The van der Waals surface area contributed by atoms with Crippen LogP contribution < -0.4 is 18.9 Å². The highest BCUT2D eigenvalue weighted by Gasteiger charge is 2.38. The number of hydrogen-bond acceptors (Lipinski definition) is 24. The number of thioether (sulfide) groups is 2. The molecule has 0 spiro atoms. The van der Waals surface area contributed by atoms with Gasteiger partial charge >= 0.3 is 59.7 Å². The number of allylic oxidation sites excluding steroid dienone is 1. The average Bonchev–Trinajstić information content (AvgIpc) is 1.55. The molecule has 2 saturated carbocycles. The van der Waals surface area contributed by atoms with Gasteiger partial charge in [-0.3, -0.25) is 38.4 Å². The molecule has 2 aliphatic carbocycles. The molecule has 3 atom stereocenters. The van der Waals surface area contributed by atoms with E-state index in [0.717, 1.165) is 46.8 Å². The summed E-state index contributed by atoms with van der Waals surface area (Å²) >= 11 is 2.16. The molecule has 0 bridgehead atoms. The van der Waals surface area contributed by atoms with Gasteiger partial charge in [-0.25, -0.2) is 19.7 Å². The molecular formula is C67H74N2O21S2. The summed E-state index contributed by atoms with van der Waals surface area (Å²) in [5.74, 6) is -6.56. The highest BCUT2D eigenvalue weighted by molar-refractivity contribution is 8.24. The van der Waals surface area contributed by atoms with Crippen molar-refractivity contribution in [3.8, 4) is 29.1 Å². The molecule has 92 heavy (non-hydrogen) atoms. The van der Waals surface area contributed by atoms with Crippen molar-refractivity contribution in [1.29, 1.82) is 5.26 Å². The molecule has 23 nitrogen and oxygen atoms in total. The minimum atomic E-state index is -0.701. The first kappa shape index (κ1) is 72.3. The highest BCUT2D eigenvalue weighted by Crippen LogP contribution is 2.61. The van der Waals surface area contributed by atoms with Gasteiger partial charge in [0.1, 0.15) is 47.9 Å². The molecule has 1 heterocycles. The van der Waals surface area contributed by atoms with E-state index >= 15 is 0 Å². The van der Waals surface area contributed by atoms with Crippen LogP contribution >= 0.6 is 23.5 Å². The van der Waals surface area contributed by atoms with Crippen molar-refractivity contribution >= 4 is 83.2 Å². The number of ether oxygens (including phenoxy) is 11. The van der Waals surface area contributed by atoms with E-state index in [2.05, 4.69) is 18.0 Å². The van der Waals surface area contributed by atoms with Crippen molar-refractivity contribution in [2.24, 2.45) is 23.7 Å². The van der Waals surface area contributed by atoms with Crippen LogP contribution in [0, 0.1) is 55.4 Å². The van der Waals surface area contributed by atoms with E-state index in [1.54, 1.807) is 83.1 Å². The van der Waals surface area contributed by atoms with Gasteiger partial charge in [0.05, 0.1) is 102 Å². The van der Waals surface area contributed by atoms with Gasteiger partial charge in [-0.1, -0.05) is 60.9 Å². The van der Waals surface area contributed by atoms with E-state index in [9.17, 15) is 53.2 Å². The third-order valence-electron chi connectivity index (χ3n) is 15.0. The third kappa shape index (κ3) is 22.6. The zero-order valence-corrected chi connectivity index (χ0v) is 53.6. The predicted molar refractivity (Wildman–Crippen MR) is 330 cm³/mol. The van der Waals surface area contributed by atoms with E-state index < -0.39 is 102 Å². The third-order valence-corrected chi connectivity index (χ3v) is 17.6. The zero-order valence-electron chi connectivity index (χ0n) is 51.9. The second-order valence-corrected chi connectivity index (χ2v) is 24.4. The van der Waals surface area contributed by atoms with E-state index in [1.165, 1.54) is 0 Å². The topological polar surface area (TPSA) is 300 Å². The summed E-state index contributed by atoms with van der Waals surface area (Å²) < 4.78 is 60.2. The molecule has 3 aromatic carbocycles. The van der Waals surface area contributed by atoms with Gasteiger partial charge in [-0.2, -0.15) is 0 Å². The van der Waals surface area contributed by atoms with Crippen molar-refractivity contribution in [2.75, 3.05) is 33.0 Å². The van der Waals surface area contributed by atoms with E-state index in [-0.39, 0.29) is 75.9 Å². The van der Waals surface area contributed by atoms with Crippen LogP contribution in [0.15, 0.2) is 93.6 Å².